The molecule has 1 atom stereocenters. The molecule has 0 bridgehead atoms. The third-order valence-corrected chi connectivity index (χ3v) is 4.21. The summed E-state index contributed by atoms with van der Waals surface area (Å²) in [4.78, 5) is 14.6. The number of hydrogen-bond acceptors (Lipinski definition) is 2. The molecule has 0 aromatic heterocycles. The van der Waals surface area contributed by atoms with Crippen molar-refractivity contribution in [3.63, 3.8) is 0 Å². The maximum atomic E-state index is 12.6. The molecule has 3 heteroatoms. The Labute approximate surface area is 128 Å². The fourth-order valence-electron chi connectivity index (χ4n) is 2.92. The van der Waals surface area contributed by atoms with Crippen LogP contribution in [0.1, 0.15) is 49.5 Å². The van der Waals surface area contributed by atoms with E-state index in [4.69, 9.17) is 4.74 Å². The van der Waals surface area contributed by atoms with Gasteiger partial charge in [-0.2, -0.15) is 0 Å². The second-order valence-corrected chi connectivity index (χ2v) is 7.04. The fourth-order valence-corrected chi connectivity index (χ4v) is 2.92. The van der Waals surface area contributed by atoms with Crippen LogP contribution in [0, 0.1) is 5.92 Å². The first-order chi connectivity index (χ1) is 9.91. The quantitative estimate of drug-likeness (QED) is 0.852. The summed E-state index contributed by atoms with van der Waals surface area (Å²) in [5, 5.41) is 0. The Kier molecular flexibility index (Phi) is 5.04. The molecule has 1 heterocycles. The van der Waals surface area contributed by atoms with Gasteiger partial charge in [-0.25, -0.2) is 0 Å². The maximum absolute atomic E-state index is 12.6. The molecule has 1 saturated heterocycles. The number of methoxy groups -OCH3 is 1. The molecule has 3 nitrogen and oxygen atoms in total. The first-order valence-corrected chi connectivity index (χ1v) is 7.80. The average molecular weight is 289 g/mol. The van der Waals surface area contributed by atoms with E-state index >= 15 is 0 Å². The third kappa shape index (κ3) is 4.07. The van der Waals surface area contributed by atoms with Gasteiger partial charge in [0.2, 0.25) is 0 Å². The number of benzene rings is 1. The number of amides is 1. The predicted octanol–water partition coefficient (Wildman–Crippen LogP) is 3.48. The molecule has 0 aliphatic carbocycles. The van der Waals surface area contributed by atoms with Gasteiger partial charge in [0.05, 0.1) is 6.61 Å². The molecule has 0 N–H and O–H groups in total. The van der Waals surface area contributed by atoms with E-state index in [0.717, 1.165) is 38.1 Å². The summed E-state index contributed by atoms with van der Waals surface area (Å²) in [6.07, 6.45) is 2.22. The van der Waals surface area contributed by atoms with E-state index in [2.05, 4.69) is 32.9 Å². The van der Waals surface area contributed by atoms with Gasteiger partial charge >= 0.3 is 0 Å². The van der Waals surface area contributed by atoms with Crippen LogP contribution >= 0.6 is 0 Å². The van der Waals surface area contributed by atoms with E-state index in [1.54, 1.807) is 7.11 Å². The third-order valence-electron chi connectivity index (χ3n) is 4.21. The standard InChI is InChI=1S/C18H27NO2/c1-18(2,3)16-9-7-15(8-10-16)17(20)19-11-5-6-14(12-19)13-21-4/h7-10,14H,5-6,11-13H2,1-4H3. The number of nitrogens with zero attached hydrogens (tertiary/aromatic N) is 1. The van der Waals surface area contributed by atoms with Crippen molar-refractivity contribution >= 4 is 5.91 Å². The highest BCUT2D eigenvalue weighted by molar-refractivity contribution is 5.94. The van der Waals surface area contributed by atoms with Gasteiger partial charge in [0.15, 0.2) is 0 Å². The molecule has 1 aliphatic heterocycles. The van der Waals surface area contributed by atoms with Crippen molar-refractivity contribution in [1.29, 1.82) is 0 Å². The van der Waals surface area contributed by atoms with Crippen LogP contribution in [-0.2, 0) is 10.2 Å². The SMILES string of the molecule is COCC1CCCN(C(=O)c2ccc(C(C)(C)C)cc2)C1. The summed E-state index contributed by atoms with van der Waals surface area (Å²) in [5.74, 6) is 0.623. The summed E-state index contributed by atoms with van der Waals surface area (Å²) in [7, 11) is 1.73. The highest BCUT2D eigenvalue weighted by Gasteiger charge is 2.24. The lowest BCUT2D eigenvalue weighted by atomic mass is 9.86. The van der Waals surface area contributed by atoms with E-state index in [0.29, 0.717) is 5.92 Å². The number of carbonyl (C=O) groups excluding carboxylic acids is 1. The Hall–Kier alpha value is -1.35. The lowest BCUT2D eigenvalue weighted by Crippen LogP contribution is -2.41. The Balaban J connectivity index is 2.05. The minimum absolute atomic E-state index is 0.121. The van der Waals surface area contributed by atoms with Crippen molar-refractivity contribution in [3.8, 4) is 0 Å². The highest BCUT2D eigenvalue weighted by atomic mass is 16.5. The van der Waals surface area contributed by atoms with Crippen LogP contribution in [0.25, 0.3) is 0 Å². The number of carbonyl (C=O) groups is 1. The van der Waals surface area contributed by atoms with Crippen LogP contribution in [0.4, 0.5) is 0 Å². The molecule has 116 valence electrons. The van der Waals surface area contributed by atoms with Gasteiger partial charge in [-0.1, -0.05) is 32.9 Å². The van der Waals surface area contributed by atoms with Gasteiger partial charge in [0, 0.05) is 25.8 Å². The van der Waals surface area contributed by atoms with E-state index < -0.39 is 0 Å². The fraction of sp³-hybridized carbons (Fsp3) is 0.611. The number of piperidine rings is 1. The number of rotatable bonds is 3. The topological polar surface area (TPSA) is 29.5 Å². The average Bonchev–Trinajstić information content (AvgIpc) is 2.46. The van der Waals surface area contributed by atoms with Crippen molar-refractivity contribution in [1.82, 2.24) is 4.90 Å². The number of ether oxygens (including phenoxy) is 1. The minimum atomic E-state index is 0.121. The number of hydrogen-bond donors (Lipinski definition) is 0. The van der Waals surface area contributed by atoms with Crippen LogP contribution in [0.3, 0.4) is 0 Å². The van der Waals surface area contributed by atoms with Gasteiger partial charge in [-0.15, -0.1) is 0 Å². The molecule has 0 radical (unpaired) electrons. The smallest absolute Gasteiger partial charge is 0.253 e. The predicted molar refractivity (Wildman–Crippen MR) is 85.6 cm³/mol. The monoisotopic (exact) mass is 289 g/mol. The molecule has 1 aromatic carbocycles. The molecule has 2 rings (SSSR count). The van der Waals surface area contributed by atoms with Crippen LogP contribution < -0.4 is 0 Å². The van der Waals surface area contributed by atoms with E-state index in [1.165, 1.54) is 5.56 Å². The molecule has 1 fully saturated rings. The lowest BCUT2D eigenvalue weighted by Gasteiger charge is -2.32. The largest absolute Gasteiger partial charge is 0.384 e. The first-order valence-electron chi connectivity index (χ1n) is 7.80. The Morgan fingerprint density at radius 3 is 2.52 bits per heavy atom. The zero-order chi connectivity index (χ0) is 15.5. The zero-order valence-electron chi connectivity index (χ0n) is 13.7. The van der Waals surface area contributed by atoms with Crippen LogP contribution in [-0.4, -0.2) is 37.6 Å². The van der Waals surface area contributed by atoms with Crippen LogP contribution in [0.2, 0.25) is 0 Å². The van der Waals surface area contributed by atoms with Crippen molar-refractivity contribution in [2.45, 2.75) is 39.0 Å². The van der Waals surface area contributed by atoms with Gasteiger partial charge in [0.25, 0.3) is 5.91 Å². The Bertz CT molecular complexity index is 471. The van der Waals surface area contributed by atoms with Gasteiger partial charge in [0.1, 0.15) is 0 Å². The summed E-state index contributed by atoms with van der Waals surface area (Å²) < 4.78 is 5.23. The van der Waals surface area contributed by atoms with E-state index in [1.807, 2.05) is 17.0 Å². The van der Waals surface area contributed by atoms with Gasteiger partial charge in [-0.3, -0.25) is 4.79 Å². The normalized spacial score (nSPS) is 19.6. The van der Waals surface area contributed by atoms with Crippen LogP contribution in [0.15, 0.2) is 24.3 Å². The molecule has 1 amide bonds. The summed E-state index contributed by atoms with van der Waals surface area (Å²) in [6, 6.07) is 8.07. The second kappa shape index (κ2) is 6.61. The highest BCUT2D eigenvalue weighted by Crippen LogP contribution is 2.23. The Morgan fingerprint density at radius 1 is 1.29 bits per heavy atom. The molecule has 1 aliphatic rings. The molecule has 1 unspecified atom stereocenters. The molecule has 1 aromatic rings. The molecular formula is C18H27NO2. The molecule has 21 heavy (non-hydrogen) atoms. The summed E-state index contributed by atoms with van der Waals surface area (Å²) in [5.41, 5.74) is 2.17. The maximum Gasteiger partial charge on any atom is 0.253 e. The molecule has 0 spiro atoms. The summed E-state index contributed by atoms with van der Waals surface area (Å²) >= 11 is 0. The van der Waals surface area contributed by atoms with Gasteiger partial charge in [-0.05, 0) is 41.9 Å². The van der Waals surface area contributed by atoms with Crippen LogP contribution in [0.5, 0.6) is 0 Å². The Morgan fingerprint density at radius 2 is 1.95 bits per heavy atom. The minimum Gasteiger partial charge on any atom is -0.384 e. The molecule has 0 saturated carbocycles. The van der Waals surface area contributed by atoms with Gasteiger partial charge < -0.3 is 9.64 Å². The lowest BCUT2D eigenvalue weighted by molar-refractivity contribution is 0.0571. The van der Waals surface area contributed by atoms with Crippen molar-refractivity contribution in [2.75, 3.05) is 26.8 Å². The van der Waals surface area contributed by atoms with Crippen molar-refractivity contribution in [2.24, 2.45) is 5.92 Å². The first kappa shape index (κ1) is 16.0. The molecular weight excluding hydrogens is 262 g/mol. The zero-order valence-corrected chi connectivity index (χ0v) is 13.7. The van der Waals surface area contributed by atoms with E-state index in [9.17, 15) is 4.79 Å². The summed E-state index contributed by atoms with van der Waals surface area (Å²) in [6.45, 7) is 8.97. The second-order valence-electron chi connectivity index (χ2n) is 7.04. The van der Waals surface area contributed by atoms with E-state index in [-0.39, 0.29) is 11.3 Å². The number of likely N-dealkylation sites (tertiary alicyclic amines) is 1. The van der Waals surface area contributed by atoms with Crippen molar-refractivity contribution in [3.05, 3.63) is 35.4 Å². The van der Waals surface area contributed by atoms with Crippen molar-refractivity contribution < 1.29 is 9.53 Å².